The second kappa shape index (κ2) is 13.6. The number of hydrogen-bond donors (Lipinski definition) is 2. The molecule has 7 atom stereocenters. The molecule has 3 saturated heterocycles. The fourth-order valence-corrected chi connectivity index (χ4v) is 7.09. The summed E-state index contributed by atoms with van der Waals surface area (Å²) >= 11 is 0. The number of rotatable bonds is 14. The zero-order chi connectivity index (χ0) is 32.2. The number of aliphatic hydroxyl groups excluding tert-OH is 1. The van der Waals surface area contributed by atoms with E-state index < -0.39 is 53.2 Å². The predicted molar refractivity (Wildman–Crippen MR) is 165 cm³/mol. The molecule has 0 radical (unpaired) electrons. The molecule has 3 amide bonds. The second-order valence-corrected chi connectivity index (χ2v) is 13.0. The van der Waals surface area contributed by atoms with Gasteiger partial charge in [-0.2, -0.15) is 0 Å². The van der Waals surface area contributed by atoms with Crippen molar-refractivity contribution in [2.45, 2.75) is 95.2 Å². The van der Waals surface area contributed by atoms with Gasteiger partial charge in [-0.1, -0.05) is 42.5 Å². The van der Waals surface area contributed by atoms with Gasteiger partial charge in [-0.25, -0.2) is 0 Å². The number of nitrogens with one attached hydrogen (secondary N) is 1. The van der Waals surface area contributed by atoms with E-state index in [1.54, 1.807) is 24.0 Å². The van der Waals surface area contributed by atoms with Crippen molar-refractivity contribution < 1.29 is 33.8 Å². The second-order valence-electron chi connectivity index (χ2n) is 13.0. The van der Waals surface area contributed by atoms with Crippen molar-refractivity contribution in [1.82, 2.24) is 15.1 Å². The lowest BCUT2D eigenvalue weighted by atomic mass is 9.70. The zero-order valence-electron chi connectivity index (χ0n) is 26.4. The van der Waals surface area contributed by atoms with E-state index in [2.05, 4.69) is 18.5 Å². The molecule has 10 nitrogen and oxygen atoms in total. The Bertz CT molecular complexity index is 1250. The van der Waals surface area contributed by atoms with E-state index in [9.17, 15) is 24.3 Å². The lowest BCUT2D eigenvalue weighted by molar-refractivity contribution is -0.162. The van der Waals surface area contributed by atoms with Crippen molar-refractivity contribution in [3.8, 4) is 0 Å². The van der Waals surface area contributed by atoms with Crippen molar-refractivity contribution in [3.63, 3.8) is 0 Å². The summed E-state index contributed by atoms with van der Waals surface area (Å²) in [6, 6.07) is 7.68. The number of ether oxygens (including phenoxy) is 2. The number of fused-ring (bicyclic) bond motifs is 1. The maximum atomic E-state index is 14.3. The van der Waals surface area contributed by atoms with Gasteiger partial charge in [-0.15, -0.1) is 13.2 Å². The van der Waals surface area contributed by atoms with Crippen molar-refractivity contribution in [2.75, 3.05) is 19.7 Å². The Morgan fingerprint density at radius 1 is 1.23 bits per heavy atom. The summed E-state index contributed by atoms with van der Waals surface area (Å²) in [6.07, 6.45) is 3.95. The molecular weight excluding hydrogens is 562 g/mol. The van der Waals surface area contributed by atoms with Crippen molar-refractivity contribution in [1.29, 1.82) is 0 Å². The van der Waals surface area contributed by atoms with Crippen LogP contribution in [0.25, 0.3) is 0 Å². The Balaban J connectivity index is 1.66. The van der Waals surface area contributed by atoms with E-state index in [1.165, 1.54) is 4.90 Å². The van der Waals surface area contributed by atoms with Gasteiger partial charge in [0, 0.05) is 31.7 Å². The Labute approximate surface area is 260 Å². The Hall–Kier alpha value is -3.50. The van der Waals surface area contributed by atoms with Crippen LogP contribution < -0.4 is 5.32 Å². The van der Waals surface area contributed by atoms with E-state index in [4.69, 9.17) is 9.47 Å². The lowest BCUT2D eigenvalue weighted by Gasteiger charge is -2.42. The summed E-state index contributed by atoms with van der Waals surface area (Å²) < 4.78 is 12.7. The molecule has 44 heavy (non-hydrogen) atoms. The number of aliphatic hydroxyl groups is 1. The van der Waals surface area contributed by atoms with E-state index in [0.717, 1.165) is 0 Å². The van der Waals surface area contributed by atoms with Crippen LogP contribution in [-0.2, 0) is 28.7 Å². The third-order valence-electron chi connectivity index (χ3n) is 9.04. The van der Waals surface area contributed by atoms with Crippen LogP contribution >= 0.6 is 0 Å². The van der Waals surface area contributed by atoms with Gasteiger partial charge in [-0.3, -0.25) is 19.2 Å². The van der Waals surface area contributed by atoms with Gasteiger partial charge < -0.3 is 29.7 Å². The molecule has 3 aliphatic rings. The highest BCUT2D eigenvalue weighted by Crippen LogP contribution is 2.59. The smallest absolute Gasteiger partial charge is 0.313 e. The predicted octanol–water partition coefficient (Wildman–Crippen LogP) is 3.31. The summed E-state index contributed by atoms with van der Waals surface area (Å²) in [5, 5.41) is 12.6. The first-order valence-electron chi connectivity index (χ1n) is 15.6. The molecule has 3 aliphatic heterocycles. The summed E-state index contributed by atoms with van der Waals surface area (Å²) in [5.41, 5.74) is -1.04. The molecule has 1 aromatic rings. The number of carbonyl (C=O) groups excluding carboxylic acids is 4. The molecule has 0 saturated carbocycles. The fraction of sp³-hybridized carbons (Fsp3) is 0.588. The van der Waals surface area contributed by atoms with Crippen molar-refractivity contribution >= 4 is 23.7 Å². The summed E-state index contributed by atoms with van der Waals surface area (Å²) in [6.45, 7) is 15.3. The molecule has 10 heteroatoms. The molecule has 2 N–H and O–H groups in total. The number of likely N-dealkylation sites (tertiary alicyclic amines) is 1. The minimum absolute atomic E-state index is 0.151. The molecule has 1 aromatic carbocycles. The van der Waals surface area contributed by atoms with E-state index in [-0.39, 0.29) is 50.3 Å². The largest absolute Gasteiger partial charge is 0.455 e. The summed E-state index contributed by atoms with van der Waals surface area (Å²) in [7, 11) is 0. The van der Waals surface area contributed by atoms with Gasteiger partial charge in [0.1, 0.15) is 17.7 Å². The first kappa shape index (κ1) is 33.4. The summed E-state index contributed by atoms with van der Waals surface area (Å²) in [5.74, 6) is -3.20. The Morgan fingerprint density at radius 2 is 1.93 bits per heavy atom. The number of benzene rings is 1. The third kappa shape index (κ3) is 6.33. The van der Waals surface area contributed by atoms with Crippen LogP contribution in [-0.4, -0.2) is 87.6 Å². The highest BCUT2D eigenvalue weighted by Gasteiger charge is 2.75. The van der Waals surface area contributed by atoms with Gasteiger partial charge in [0.25, 0.3) is 0 Å². The van der Waals surface area contributed by atoms with Crippen molar-refractivity contribution in [2.24, 2.45) is 11.8 Å². The minimum atomic E-state index is -1.19. The molecule has 0 aliphatic carbocycles. The maximum Gasteiger partial charge on any atom is 0.313 e. The third-order valence-corrected chi connectivity index (χ3v) is 9.04. The number of nitrogens with zero attached hydrogens (tertiary/aromatic N) is 2. The molecule has 4 rings (SSSR count). The summed E-state index contributed by atoms with van der Waals surface area (Å²) in [4.78, 5) is 58.3. The topological polar surface area (TPSA) is 125 Å². The average Bonchev–Trinajstić information content (AvgIpc) is 3.63. The number of allylic oxidation sites excluding steroid dienone is 1. The molecule has 240 valence electrons. The first-order chi connectivity index (χ1) is 20.9. The minimum Gasteiger partial charge on any atom is -0.455 e. The van der Waals surface area contributed by atoms with E-state index in [0.29, 0.717) is 24.8 Å². The van der Waals surface area contributed by atoms with E-state index in [1.807, 2.05) is 51.1 Å². The molecule has 2 bridgehead atoms. The number of hydrogen-bond acceptors (Lipinski definition) is 7. The molecule has 3 fully saturated rings. The molecule has 1 spiro atoms. The molecule has 0 aromatic heterocycles. The van der Waals surface area contributed by atoms with Gasteiger partial charge in [0.15, 0.2) is 0 Å². The molecular formula is C34H47N3O7. The number of carbonyl (C=O) groups is 4. The van der Waals surface area contributed by atoms with Gasteiger partial charge in [0.2, 0.25) is 17.7 Å². The quantitative estimate of drug-likeness (QED) is 0.245. The van der Waals surface area contributed by atoms with Crippen LogP contribution in [0.4, 0.5) is 0 Å². The zero-order valence-corrected chi connectivity index (χ0v) is 26.4. The van der Waals surface area contributed by atoms with Crippen molar-refractivity contribution in [3.05, 3.63) is 61.2 Å². The van der Waals surface area contributed by atoms with Gasteiger partial charge in [0.05, 0.1) is 24.0 Å². The highest BCUT2D eigenvalue weighted by molar-refractivity contribution is 5.98. The number of esters is 1. The highest BCUT2D eigenvalue weighted by atomic mass is 16.6. The maximum absolute atomic E-state index is 14.3. The first-order valence-corrected chi connectivity index (χ1v) is 15.6. The van der Waals surface area contributed by atoms with Gasteiger partial charge >= 0.3 is 5.97 Å². The van der Waals surface area contributed by atoms with Crippen LogP contribution in [0.5, 0.6) is 0 Å². The monoisotopic (exact) mass is 609 g/mol. The lowest BCUT2D eigenvalue weighted by Crippen LogP contribution is -2.60. The van der Waals surface area contributed by atoms with Crippen LogP contribution in [0.2, 0.25) is 0 Å². The number of amides is 3. The average molecular weight is 610 g/mol. The van der Waals surface area contributed by atoms with Crippen LogP contribution in [0, 0.1) is 11.8 Å². The molecule has 0 unspecified atom stereocenters. The normalized spacial score (nSPS) is 26.9. The van der Waals surface area contributed by atoms with Crippen LogP contribution in [0.3, 0.4) is 0 Å². The van der Waals surface area contributed by atoms with Gasteiger partial charge in [-0.05, 0) is 58.9 Å². The van der Waals surface area contributed by atoms with E-state index >= 15 is 0 Å². The fourth-order valence-electron chi connectivity index (χ4n) is 7.09. The Morgan fingerprint density at radius 3 is 2.55 bits per heavy atom. The SMILES string of the molecule is C=CCCC(=O)N[C@@H](C)[C@H](OC(=O)[C@@H]1[C@H]2C(=O)N(CCCO)[C@H](C(=O)N(CC=C)C(C)(C)C)[C@]23CC[C@H]1O3)c1ccccc1. The molecule has 3 heterocycles. The standard InChI is InChI=1S/C34H47N3O7/c1-7-9-16-25(39)35-22(3)28(23-14-11-10-12-15-23)43-32(42)26-24-17-18-34(44-24)27(26)30(40)36(20-13-21-38)29(34)31(41)37(19-8-2)33(4,5)6/h7-8,10-12,14-15,22,24,26-29,38H,1-2,9,13,16-21H2,3-6H3,(H,35,39)/t22-,24+,26-,27-,28-,29+,34-/m0/s1. The Kier molecular flexibility index (Phi) is 10.4. The van der Waals surface area contributed by atoms with Crippen LogP contribution in [0.1, 0.15) is 71.5 Å². The van der Waals surface area contributed by atoms with Crippen LogP contribution in [0.15, 0.2) is 55.6 Å².